The topological polar surface area (TPSA) is 73.2 Å². The molecule has 1 heterocycles. The summed E-state index contributed by atoms with van der Waals surface area (Å²) >= 11 is 0. The van der Waals surface area contributed by atoms with Crippen LogP contribution in [0.1, 0.15) is 30.8 Å². The summed E-state index contributed by atoms with van der Waals surface area (Å²) in [5.74, 6) is 1.30. The number of sulfonamides is 1. The second-order valence-electron chi connectivity index (χ2n) is 8.05. The number of nitrogens with zero attached hydrogens (tertiary/aromatic N) is 2. The lowest BCUT2D eigenvalue weighted by Crippen LogP contribution is -2.25. The summed E-state index contributed by atoms with van der Waals surface area (Å²) in [6.07, 6.45) is 0.0251. The third-order valence-corrected chi connectivity index (χ3v) is 6.54. The van der Waals surface area contributed by atoms with Crippen LogP contribution in [0.25, 0.3) is 11.0 Å². The Bertz CT molecular complexity index is 1310. The number of nitrogens with one attached hydrogen (secondary N) is 1. The Kier molecular flexibility index (Phi) is 6.30. The van der Waals surface area contributed by atoms with E-state index in [9.17, 15) is 8.42 Å². The summed E-state index contributed by atoms with van der Waals surface area (Å²) in [7, 11) is -3.70. The molecule has 0 saturated carbocycles. The van der Waals surface area contributed by atoms with E-state index in [2.05, 4.69) is 45.5 Å². The van der Waals surface area contributed by atoms with Crippen molar-refractivity contribution in [1.82, 2.24) is 14.3 Å². The smallest absolute Gasteiger partial charge is 0.240 e. The van der Waals surface area contributed by atoms with E-state index in [0.717, 1.165) is 16.6 Å². The van der Waals surface area contributed by atoms with Gasteiger partial charge in [0.25, 0.3) is 0 Å². The van der Waals surface area contributed by atoms with Gasteiger partial charge < -0.3 is 9.30 Å². The molecule has 0 spiro atoms. The van der Waals surface area contributed by atoms with Gasteiger partial charge in [0.15, 0.2) is 0 Å². The molecule has 0 atom stereocenters. The molecule has 0 saturated heterocycles. The molecule has 3 aromatic carbocycles. The fourth-order valence-electron chi connectivity index (χ4n) is 3.53. The van der Waals surface area contributed by atoms with Crippen LogP contribution in [0.5, 0.6) is 5.75 Å². The van der Waals surface area contributed by atoms with Gasteiger partial charge in [-0.3, -0.25) is 0 Å². The number of benzene rings is 3. The van der Waals surface area contributed by atoms with Gasteiger partial charge in [-0.05, 0) is 62.7 Å². The Morgan fingerprint density at radius 1 is 0.969 bits per heavy atom. The number of para-hydroxylation sites is 2. The van der Waals surface area contributed by atoms with Crippen LogP contribution in [0.2, 0.25) is 0 Å². The zero-order chi connectivity index (χ0) is 22.7. The minimum absolute atomic E-state index is 0.0251. The summed E-state index contributed by atoms with van der Waals surface area (Å²) in [6, 6.07) is 22.6. The molecule has 4 rings (SSSR count). The van der Waals surface area contributed by atoms with E-state index in [-0.39, 0.29) is 17.5 Å². The van der Waals surface area contributed by atoms with Gasteiger partial charge in [-0.25, -0.2) is 18.1 Å². The maximum absolute atomic E-state index is 12.9. The highest BCUT2D eigenvalue weighted by Crippen LogP contribution is 2.20. The maximum Gasteiger partial charge on any atom is 0.240 e. The van der Waals surface area contributed by atoms with Crippen LogP contribution in [0.15, 0.2) is 77.7 Å². The number of hydrogen-bond donors (Lipinski definition) is 1. The number of imidazole rings is 1. The van der Waals surface area contributed by atoms with Gasteiger partial charge >= 0.3 is 0 Å². The second kappa shape index (κ2) is 9.14. The molecule has 166 valence electrons. The van der Waals surface area contributed by atoms with E-state index in [1.807, 2.05) is 38.1 Å². The van der Waals surface area contributed by atoms with Crippen LogP contribution in [-0.4, -0.2) is 24.1 Å². The predicted molar refractivity (Wildman–Crippen MR) is 126 cm³/mol. The monoisotopic (exact) mass is 449 g/mol. The first kappa shape index (κ1) is 22.0. The fourth-order valence-corrected chi connectivity index (χ4v) is 4.51. The van der Waals surface area contributed by atoms with E-state index >= 15 is 0 Å². The highest BCUT2D eigenvalue weighted by molar-refractivity contribution is 7.89. The molecule has 1 aromatic heterocycles. The SMILES string of the molecule is Cc1ccc(Cn2c(CNS(=O)(=O)c3ccc(OC(C)C)cc3)nc3ccccc32)cc1. The van der Waals surface area contributed by atoms with Crippen molar-refractivity contribution < 1.29 is 13.2 Å². The molecule has 4 aromatic rings. The van der Waals surface area contributed by atoms with E-state index < -0.39 is 10.0 Å². The van der Waals surface area contributed by atoms with Gasteiger partial charge in [0, 0.05) is 6.54 Å². The van der Waals surface area contributed by atoms with Crippen molar-refractivity contribution in [1.29, 1.82) is 0 Å². The summed E-state index contributed by atoms with van der Waals surface area (Å²) < 4.78 is 36.1. The van der Waals surface area contributed by atoms with Crippen molar-refractivity contribution in [3.05, 3.63) is 89.7 Å². The van der Waals surface area contributed by atoms with Gasteiger partial charge in [-0.2, -0.15) is 0 Å². The maximum atomic E-state index is 12.9. The largest absolute Gasteiger partial charge is 0.491 e. The molecule has 0 radical (unpaired) electrons. The van der Waals surface area contributed by atoms with Crippen molar-refractivity contribution >= 4 is 21.1 Å². The van der Waals surface area contributed by atoms with Crippen molar-refractivity contribution in [3.8, 4) is 5.75 Å². The molecule has 6 nitrogen and oxygen atoms in total. The molecule has 1 N–H and O–H groups in total. The van der Waals surface area contributed by atoms with Crippen molar-refractivity contribution in [3.63, 3.8) is 0 Å². The molecule has 0 aliphatic heterocycles. The van der Waals surface area contributed by atoms with E-state index in [4.69, 9.17) is 4.74 Å². The molecule has 0 unspecified atom stereocenters. The average molecular weight is 450 g/mol. The summed E-state index contributed by atoms with van der Waals surface area (Å²) in [6.45, 7) is 6.61. The van der Waals surface area contributed by atoms with Crippen LogP contribution in [-0.2, 0) is 23.1 Å². The molecular formula is C25H27N3O3S. The summed E-state index contributed by atoms with van der Waals surface area (Å²) in [4.78, 5) is 4.88. The standard InChI is InChI=1S/C25H27N3O3S/c1-18(2)31-21-12-14-22(15-13-21)32(29,30)26-16-25-27-23-6-4-5-7-24(23)28(25)17-20-10-8-19(3)9-11-20/h4-15,18,26H,16-17H2,1-3H3. The minimum atomic E-state index is -3.70. The number of rotatable bonds is 8. The van der Waals surface area contributed by atoms with Gasteiger partial charge in [0.05, 0.1) is 28.6 Å². The molecule has 32 heavy (non-hydrogen) atoms. The van der Waals surface area contributed by atoms with Crippen LogP contribution < -0.4 is 9.46 Å². The minimum Gasteiger partial charge on any atom is -0.491 e. The first-order valence-corrected chi connectivity index (χ1v) is 12.1. The van der Waals surface area contributed by atoms with Crippen LogP contribution >= 0.6 is 0 Å². The zero-order valence-electron chi connectivity index (χ0n) is 18.4. The second-order valence-corrected chi connectivity index (χ2v) is 9.82. The van der Waals surface area contributed by atoms with Crippen LogP contribution in [0.4, 0.5) is 0 Å². The van der Waals surface area contributed by atoms with Gasteiger partial charge in [0.2, 0.25) is 10.0 Å². The highest BCUT2D eigenvalue weighted by atomic mass is 32.2. The van der Waals surface area contributed by atoms with E-state index in [0.29, 0.717) is 18.1 Å². The van der Waals surface area contributed by atoms with Gasteiger partial charge in [-0.1, -0.05) is 42.0 Å². The summed E-state index contributed by atoms with van der Waals surface area (Å²) in [5, 5.41) is 0. The van der Waals surface area contributed by atoms with Gasteiger partial charge in [0.1, 0.15) is 11.6 Å². The van der Waals surface area contributed by atoms with Crippen LogP contribution in [0.3, 0.4) is 0 Å². The molecule has 0 aliphatic carbocycles. The van der Waals surface area contributed by atoms with Gasteiger partial charge in [-0.15, -0.1) is 0 Å². The zero-order valence-corrected chi connectivity index (χ0v) is 19.3. The Morgan fingerprint density at radius 3 is 2.34 bits per heavy atom. The highest BCUT2D eigenvalue weighted by Gasteiger charge is 2.17. The van der Waals surface area contributed by atoms with Crippen LogP contribution in [0, 0.1) is 6.92 Å². The van der Waals surface area contributed by atoms with Crippen molar-refractivity contribution in [2.75, 3.05) is 0 Å². The lowest BCUT2D eigenvalue weighted by atomic mass is 10.1. The number of hydrogen-bond acceptors (Lipinski definition) is 4. The molecular weight excluding hydrogens is 422 g/mol. The number of aromatic nitrogens is 2. The first-order chi connectivity index (χ1) is 15.3. The number of fused-ring (bicyclic) bond motifs is 1. The number of ether oxygens (including phenoxy) is 1. The Morgan fingerprint density at radius 2 is 1.66 bits per heavy atom. The molecule has 0 amide bonds. The van der Waals surface area contributed by atoms with Crippen molar-refractivity contribution in [2.45, 2.75) is 44.9 Å². The summed E-state index contributed by atoms with van der Waals surface area (Å²) in [5.41, 5.74) is 4.13. The molecule has 0 bridgehead atoms. The molecule has 7 heteroatoms. The Labute approximate surface area is 188 Å². The molecule has 0 aliphatic rings. The Balaban J connectivity index is 1.57. The predicted octanol–water partition coefficient (Wildman–Crippen LogP) is 4.66. The third-order valence-electron chi connectivity index (χ3n) is 5.12. The number of aryl methyl sites for hydroxylation is 1. The Hall–Kier alpha value is -3.16. The molecule has 0 fully saturated rings. The normalized spacial score (nSPS) is 11.9. The lowest BCUT2D eigenvalue weighted by Gasteiger charge is -2.12. The van der Waals surface area contributed by atoms with E-state index in [1.165, 1.54) is 5.56 Å². The fraction of sp³-hybridized carbons (Fsp3) is 0.240. The first-order valence-electron chi connectivity index (χ1n) is 10.6. The van der Waals surface area contributed by atoms with Crippen molar-refractivity contribution in [2.24, 2.45) is 0 Å². The third kappa shape index (κ3) is 5.00. The van der Waals surface area contributed by atoms with E-state index in [1.54, 1.807) is 24.3 Å². The lowest BCUT2D eigenvalue weighted by molar-refractivity contribution is 0.242. The quantitative estimate of drug-likeness (QED) is 0.425. The average Bonchev–Trinajstić information content (AvgIpc) is 3.11.